The predicted molar refractivity (Wildman–Crippen MR) is 175 cm³/mol. The van der Waals surface area contributed by atoms with Crippen molar-refractivity contribution in [2.24, 2.45) is 0 Å². The van der Waals surface area contributed by atoms with E-state index in [4.69, 9.17) is 9.72 Å². The lowest BCUT2D eigenvalue weighted by atomic mass is 9.61. The topological polar surface area (TPSA) is 60.0 Å². The van der Waals surface area contributed by atoms with Crippen LogP contribution >= 0.6 is 0 Å². The molecule has 0 unspecified atom stereocenters. The summed E-state index contributed by atoms with van der Waals surface area (Å²) in [6, 6.07) is 34.8. The molecule has 7 heteroatoms. The third-order valence-corrected chi connectivity index (χ3v) is 10.1. The Kier molecular flexibility index (Phi) is 5.04. The van der Waals surface area contributed by atoms with Gasteiger partial charge >= 0.3 is 0 Å². The van der Waals surface area contributed by atoms with Gasteiger partial charge in [0.15, 0.2) is 5.65 Å². The lowest BCUT2D eigenvalue weighted by Gasteiger charge is -2.45. The molecule has 5 heterocycles. The molecular weight excluding hydrogens is 558 g/mol. The van der Waals surface area contributed by atoms with Crippen LogP contribution in [-0.2, 0) is 10.8 Å². The number of imidazole rings is 2. The van der Waals surface area contributed by atoms with Crippen molar-refractivity contribution in [3.8, 4) is 28.8 Å². The minimum absolute atomic E-state index is 0.191. The summed E-state index contributed by atoms with van der Waals surface area (Å²) in [5.74, 6) is 1.40. The summed E-state index contributed by atoms with van der Waals surface area (Å²) in [6.45, 7) is 9.10. The second kappa shape index (κ2) is 8.76. The number of para-hydroxylation sites is 4. The zero-order chi connectivity index (χ0) is 30.7. The van der Waals surface area contributed by atoms with E-state index in [0.29, 0.717) is 22.8 Å². The molecule has 0 fully saturated rings. The number of aromatic hydroxyl groups is 1. The molecule has 220 valence electrons. The first-order chi connectivity index (χ1) is 21.8. The number of rotatable bonds is 4. The second-order valence-corrected chi connectivity index (χ2v) is 13.0. The summed E-state index contributed by atoms with van der Waals surface area (Å²) >= 11 is 0. The van der Waals surface area contributed by atoms with E-state index in [2.05, 4.69) is 96.1 Å². The predicted octanol–water partition coefficient (Wildman–Crippen LogP) is 7.83. The van der Waals surface area contributed by atoms with Crippen LogP contribution in [0.25, 0.3) is 44.6 Å². The number of hydrogen-bond acceptors (Lipinski definition) is 3. The fourth-order valence-electron chi connectivity index (χ4n) is 7.16. The zero-order valence-corrected chi connectivity index (χ0v) is 25.5. The largest absolute Gasteiger partial charge is 0.506 e. The van der Waals surface area contributed by atoms with Crippen LogP contribution in [0.1, 0.15) is 39.0 Å². The highest BCUT2D eigenvalue weighted by Crippen LogP contribution is 2.53. The Morgan fingerprint density at radius 2 is 1.53 bits per heavy atom. The Hall–Kier alpha value is -5.56. The molecule has 4 aromatic heterocycles. The highest BCUT2D eigenvalue weighted by Gasteiger charge is 2.49. The number of nitrogens with zero attached hydrogens (tertiary/aromatic N) is 5. The summed E-state index contributed by atoms with van der Waals surface area (Å²) in [5.41, 5.74) is 9.15. The molecule has 9 rings (SSSR count). The van der Waals surface area contributed by atoms with Gasteiger partial charge in [-0.1, -0.05) is 88.4 Å². The van der Waals surface area contributed by atoms with Crippen LogP contribution in [0.3, 0.4) is 0 Å². The molecule has 1 aliphatic rings. The van der Waals surface area contributed by atoms with E-state index in [1.54, 1.807) is 6.07 Å². The fraction of sp³-hybridized carbons (Fsp3) is 0.158. The maximum atomic E-state index is 11.0. The smallest absolute Gasteiger partial charge is 0.269 e. The van der Waals surface area contributed by atoms with E-state index in [9.17, 15) is 5.11 Å². The van der Waals surface area contributed by atoms with Gasteiger partial charge in [-0.25, -0.2) is 0 Å². The molecule has 1 N–H and O–H groups in total. The molecule has 8 aromatic rings. The third kappa shape index (κ3) is 3.35. The van der Waals surface area contributed by atoms with Crippen LogP contribution in [0.15, 0.2) is 109 Å². The van der Waals surface area contributed by atoms with Gasteiger partial charge in [-0.05, 0) is 48.0 Å². The van der Waals surface area contributed by atoms with Crippen molar-refractivity contribution < 1.29 is 14.4 Å². The summed E-state index contributed by atoms with van der Waals surface area (Å²) in [4.78, 5) is 5.12. The molecular formula is C38H31N5O2. The van der Waals surface area contributed by atoms with Gasteiger partial charge in [-0.15, -0.1) is 0 Å². The molecule has 0 saturated heterocycles. The van der Waals surface area contributed by atoms with Crippen LogP contribution in [-0.4, -0.2) is 23.5 Å². The van der Waals surface area contributed by atoms with Crippen LogP contribution in [0, 0.1) is 6.33 Å². The summed E-state index contributed by atoms with van der Waals surface area (Å²) < 4.78 is 15.2. The first kappa shape index (κ1) is 25.9. The van der Waals surface area contributed by atoms with Crippen molar-refractivity contribution in [2.45, 2.75) is 38.5 Å². The Balaban J connectivity index is 1.25. The van der Waals surface area contributed by atoms with E-state index in [1.165, 1.54) is 5.56 Å². The van der Waals surface area contributed by atoms with Crippen molar-refractivity contribution >= 4 is 33.2 Å². The van der Waals surface area contributed by atoms with Crippen molar-refractivity contribution in [3.05, 3.63) is 127 Å². The second-order valence-electron chi connectivity index (χ2n) is 13.0. The van der Waals surface area contributed by atoms with E-state index < -0.39 is 0 Å². The quantitative estimate of drug-likeness (QED) is 0.168. The van der Waals surface area contributed by atoms with Gasteiger partial charge in [0.2, 0.25) is 5.88 Å². The van der Waals surface area contributed by atoms with Crippen molar-refractivity contribution in [3.63, 3.8) is 0 Å². The van der Waals surface area contributed by atoms with Gasteiger partial charge < -0.3 is 14.2 Å². The average Bonchev–Trinajstić information content (AvgIpc) is 3.74. The summed E-state index contributed by atoms with van der Waals surface area (Å²) in [7, 11) is 0. The highest BCUT2D eigenvalue weighted by atomic mass is 16.5. The Bertz CT molecular complexity index is 2480. The zero-order valence-electron chi connectivity index (χ0n) is 25.5. The first-order valence-electron chi connectivity index (χ1n) is 15.2. The minimum Gasteiger partial charge on any atom is -0.506 e. The van der Waals surface area contributed by atoms with Gasteiger partial charge in [-0.2, -0.15) is 4.98 Å². The molecule has 0 amide bonds. The van der Waals surface area contributed by atoms with Gasteiger partial charge in [0.05, 0.1) is 39.1 Å². The normalized spacial score (nSPS) is 15.1. The molecule has 0 spiro atoms. The Labute approximate surface area is 259 Å². The van der Waals surface area contributed by atoms with Crippen molar-refractivity contribution in [1.29, 1.82) is 0 Å². The molecule has 0 bridgehead atoms. The average molecular weight is 590 g/mol. The molecule has 1 aliphatic heterocycles. The number of fused-ring (bicyclic) bond motifs is 4. The number of ether oxygens (including phenoxy) is 1. The summed E-state index contributed by atoms with van der Waals surface area (Å²) in [5, 5.41) is 11.0. The van der Waals surface area contributed by atoms with Crippen LogP contribution in [0.5, 0.6) is 17.4 Å². The van der Waals surface area contributed by atoms with Gasteiger partial charge in [-0.3, -0.25) is 13.5 Å². The minimum atomic E-state index is -0.354. The molecule has 0 saturated carbocycles. The van der Waals surface area contributed by atoms with Crippen LogP contribution in [0.2, 0.25) is 0 Å². The van der Waals surface area contributed by atoms with E-state index in [-0.39, 0.29) is 16.6 Å². The standard InChI is InChI=1S/C38H31N5O2/c1-37(2)27-16-11-19-30-32(27)43-34(38(37,3)4)36(39-35(43)33-31(44)20-21-40(30)33)45-26-15-10-14-25(22-26)42-23-41(24-12-6-5-7-13-24)28-17-8-9-18-29(28)42/h5-22,44H,1-4H3. The lowest BCUT2D eigenvalue weighted by molar-refractivity contribution is -0.572. The maximum absolute atomic E-state index is 11.0. The van der Waals surface area contributed by atoms with Gasteiger partial charge in [0.25, 0.3) is 6.33 Å². The molecule has 4 aromatic carbocycles. The van der Waals surface area contributed by atoms with E-state index >= 15 is 0 Å². The highest BCUT2D eigenvalue weighted by molar-refractivity contribution is 5.94. The van der Waals surface area contributed by atoms with Crippen molar-refractivity contribution in [2.75, 3.05) is 0 Å². The van der Waals surface area contributed by atoms with Gasteiger partial charge in [0, 0.05) is 17.0 Å². The molecule has 7 nitrogen and oxygen atoms in total. The molecule has 45 heavy (non-hydrogen) atoms. The number of aromatic nitrogens is 5. The molecule has 0 aliphatic carbocycles. The number of benzene rings is 4. The fourth-order valence-corrected chi connectivity index (χ4v) is 7.16. The van der Waals surface area contributed by atoms with Crippen LogP contribution < -0.4 is 9.30 Å². The van der Waals surface area contributed by atoms with Crippen LogP contribution in [0.4, 0.5) is 0 Å². The number of hydrogen-bond donors (Lipinski definition) is 1. The maximum Gasteiger partial charge on any atom is 0.269 e. The monoisotopic (exact) mass is 589 g/mol. The molecule has 0 atom stereocenters. The first-order valence-corrected chi connectivity index (χ1v) is 15.2. The lowest BCUT2D eigenvalue weighted by Crippen LogP contribution is -2.44. The van der Waals surface area contributed by atoms with Gasteiger partial charge in [0.1, 0.15) is 17.0 Å². The van der Waals surface area contributed by atoms with E-state index in [0.717, 1.165) is 39.1 Å². The SMILES string of the molecule is CC1(C)c2cccc3c2n2c(c(Oc4cccc(-n5[c-][n+](-c6ccccc6)c6ccccc65)c4)nc2c2c(O)ccn32)C1(C)C. The third-order valence-electron chi connectivity index (χ3n) is 10.1. The molecule has 0 radical (unpaired) electrons. The summed E-state index contributed by atoms with van der Waals surface area (Å²) in [6.07, 6.45) is 5.47. The Morgan fingerprint density at radius 1 is 0.778 bits per heavy atom. The van der Waals surface area contributed by atoms with Crippen molar-refractivity contribution in [1.82, 2.24) is 18.4 Å². The van der Waals surface area contributed by atoms with E-state index in [1.807, 2.05) is 59.1 Å². The Morgan fingerprint density at radius 3 is 2.38 bits per heavy atom.